The molecule has 2 aliphatic rings. The van der Waals surface area contributed by atoms with Crippen LogP contribution < -0.4 is 14.8 Å². The van der Waals surface area contributed by atoms with E-state index < -0.39 is 41.5 Å². The van der Waals surface area contributed by atoms with Crippen molar-refractivity contribution in [1.29, 1.82) is 0 Å². The zero-order valence-electron chi connectivity index (χ0n) is 27.3. The maximum Gasteiger partial charge on any atom is 0.326 e. The molecule has 45 heavy (non-hydrogen) atoms. The number of carbonyl (C=O) groups excluding carboxylic acids is 1. The molecule has 0 radical (unpaired) electrons. The van der Waals surface area contributed by atoms with E-state index in [1.165, 1.54) is 12.1 Å². The maximum atomic E-state index is 14.5. The Morgan fingerprint density at radius 1 is 1.02 bits per heavy atom. The highest BCUT2D eigenvalue weighted by atomic mass is 19.1. The van der Waals surface area contributed by atoms with E-state index in [4.69, 9.17) is 9.47 Å². The molecule has 3 aromatic carbocycles. The molecule has 1 fully saturated rings. The van der Waals surface area contributed by atoms with Gasteiger partial charge in [-0.3, -0.25) is 4.79 Å². The van der Waals surface area contributed by atoms with E-state index in [1.54, 1.807) is 18.1 Å². The van der Waals surface area contributed by atoms with Crippen LogP contribution in [-0.4, -0.2) is 47.2 Å². The molecule has 2 aliphatic heterocycles. The second-order valence-corrected chi connectivity index (χ2v) is 14.4. The first-order valence-corrected chi connectivity index (χ1v) is 15.7. The quantitative estimate of drug-likeness (QED) is 0.308. The second kappa shape index (κ2) is 12.5. The molecule has 2 heterocycles. The first kappa shape index (κ1) is 32.5. The van der Waals surface area contributed by atoms with E-state index in [2.05, 4.69) is 38.2 Å². The molecule has 2 N–H and O–H groups in total. The van der Waals surface area contributed by atoms with Crippen molar-refractivity contribution < 1.29 is 28.6 Å². The van der Waals surface area contributed by atoms with Crippen molar-refractivity contribution in [2.45, 2.75) is 90.6 Å². The van der Waals surface area contributed by atoms with Gasteiger partial charge in [0.25, 0.3) is 5.91 Å². The van der Waals surface area contributed by atoms with Gasteiger partial charge in [-0.05, 0) is 64.6 Å². The van der Waals surface area contributed by atoms with Crippen LogP contribution >= 0.6 is 0 Å². The van der Waals surface area contributed by atoms with Crippen LogP contribution in [0.15, 0.2) is 66.7 Å². The number of fused-ring (bicyclic) bond motifs is 1. The van der Waals surface area contributed by atoms with E-state index in [0.29, 0.717) is 30.7 Å². The van der Waals surface area contributed by atoms with Crippen molar-refractivity contribution in [2.24, 2.45) is 11.3 Å². The summed E-state index contributed by atoms with van der Waals surface area (Å²) in [5.74, 6) is -1.05. The summed E-state index contributed by atoms with van der Waals surface area (Å²) in [5.41, 5.74) is 3.10. The SMILES string of the molecule is COc1ccc(C(C)(C)C)cc1CN[C@H]1[C@H](C(C)(C)C)[C@@H](C(=O)O)N(C(=O)C2CCc3cc(F)ccc3O2)[C@H]1c1ccccc1. The third kappa shape index (κ3) is 6.57. The molecule has 0 aliphatic carbocycles. The highest BCUT2D eigenvalue weighted by molar-refractivity contribution is 5.88. The van der Waals surface area contributed by atoms with Crippen LogP contribution in [0.1, 0.15) is 76.3 Å². The van der Waals surface area contributed by atoms with Gasteiger partial charge in [-0.25, -0.2) is 9.18 Å². The number of aryl methyl sites for hydroxylation is 1. The molecule has 240 valence electrons. The number of aliphatic carboxylic acids is 1. The summed E-state index contributed by atoms with van der Waals surface area (Å²) in [6, 6.07) is 18.0. The van der Waals surface area contributed by atoms with Crippen molar-refractivity contribution in [3.63, 3.8) is 0 Å². The molecule has 1 unspecified atom stereocenters. The predicted octanol–water partition coefficient (Wildman–Crippen LogP) is 6.68. The van der Waals surface area contributed by atoms with E-state index >= 15 is 0 Å². The topological polar surface area (TPSA) is 88.1 Å². The first-order chi connectivity index (χ1) is 21.2. The molecule has 7 nitrogen and oxygen atoms in total. The van der Waals surface area contributed by atoms with Crippen LogP contribution in [0.25, 0.3) is 0 Å². The summed E-state index contributed by atoms with van der Waals surface area (Å²) in [6.45, 7) is 13.0. The van der Waals surface area contributed by atoms with Crippen LogP contribution in [0, 0.1) is 17.2 Å². The Hall–Kier alpha value is -3.91. The molecule has 8 heteroatoms. The normalized spacial score (nSPS) is 23.3. The lowest BCUT2D eigenvalue weighted by molar-refractivity contribution is -0.155. The zero-order valence-corrected chi connectivity index (χ0v) is 27.3. The first-order valence-electron chi connectivity index (χ1n) is 15.7. The van der Waals surface area contributed by atoms with Gasteiger partial charge in [0, 0.05) is 24.1 Å². The lowest BCUT2D eigenvalue weighted by Crippen LogP contribution is -2.51. The Labute approximate surface area is 265 Å². The number of methoxy groups -OCH3 is 1. The molecule has 0 bridgehead atoms. The van der Waals surface area contributed by atoms with Crippen LogP contribution in [0.3, 0.4) is 0 Å². The number of carbonyl (C=O) groups is 2. The molecule has 0 aromatic heterocycles. The number of hydrogen-bond donors (Lipinski definition) is 2. The highest BCUT2D eigenvalue weighted by Crippen LogP contribution is 2.49. The molecule has 1 saturated heterocycles. The van der Waals surface area contributed by atoms with Crippen molar-refractivity contribution in [3.8, 4) is 11.5 Å². The van der Waals surface area contributed by atoms with Crippen molar-refractivity contribution >= 4 is 11.9 Å². The van der Waals surface area contributed by atoms with Crippen LogP contribution in [0.5, 0.6) is 11.5 Å². The lowest BCUT2D eigenvalue weighted by atomic mass is 9.72. The number of nitrogens with one attached hydrogen (secondary N) is 1. The number of hydrogen-bond acceptors (Lipinski definition) is 5. The highest BCUT2D eigenvalue weighted by Gasteiger charge is 2.58. The zero-order chi connectivity index (χ0) is 32.7. The number of benzene rings is 3. The summed E-state index contributed by atoms with van der Waals surface area (Å²) in [5, 5.41) is 14.5. The van der Waals surface area contributed by atoms with Crippen LogP contribution in [-0.2, 0) is 28.0 Å². The number of carboxylic acid groups (broad SMARTS) is 1. The fourth-order valence-corrected chi connectivity index (χ4v) is 7.04. The second-order valence-electron chi connectivity index (χ2n) is 14.4. The molecular weight excluding hydrogens is 571 g/mol. The van der Waals surface area contributed by atoms with Crippen LogP contribution in [0.4, 0.5) is 4.39 Å². The third-order valence-corrected chi connectivity index (χ3v) is 9.23. The molecule has 1 amide bonds. The summed E-state index contributed by atoms with van der Waals surface area (Å²) in [6.07, 6.45) is -0.104. The Balaban J connectivity index is 1.58. The van der Waals surface area contributed by atoms with Gasteiger partial charge in [0.15, 0.2) is 6.10 Å². The number of ether oxygens (including phenoxy) is 2. The third-order valence-electron chi connectivity index (χ3n) is 9.23. The summed E-state index contributed by atoms with van der Waals surface area (Å²) < 4.78 is 25.8. The standard InChI is InChI=1S/C37H45FN2O5/c1-36(2,3)25-14-17-27(44-7)24(19-25)21-39-31-30(37(4,5)6)33(35(42)43)40(32(31)22-11-9-8-10-12-22)34(41)29-16-13-23-20-26(38)15-18-28(23)45-29/h8-12,14-15,17-20,29-33,39H,13,16,21H2,1-7H3,(H,42,43)/t29?,30-,31-,32-,33-/m0/s1. The smallest absolute Gasteiger partial charge is 0.326 e. The summed E-state index contributed by atoms with van der Waals surface area (Å²) in [4.78, 5) is 29.3. The molecule has 5 rings (SSSR count). The molecule has 0 saturated carbocycles. The monoisotopic (exact) mass is 616 g/mol. The molecule has 3 aromatic rings. The fourth-order valence-electron chi connectivity index (χ4n) is 7.04. The molecule has 5 atom stereocenters. The van der Waals surface area contributed by atoms with Gasteiger partial charge in [-0.1, -0.05) is 84.0 Å². The summed E-state index contributed by atoms with van der Waals surface area (Å²) in [7, 11) is 1.65. The van der Waals surface area contributed by atoms with Gasteiger partial charge in [0.1, 0.15) is 23.4 Å². The maximum absolute atomic E-state index is 14.5. The Morgan fingerprint density at radius 2 is 1.73 bits per heavy atom. The minimum absolute atomic E-state index is 0.0725. The average molecular weight is 617 g/mol. The Kier molecular flexibility index (Phi) is 9.00. The van der Waals surface area contributed by atoms with Gasteiger partial charge in [-0.2, -0.15) is 0 Å². The largest absolute Gasteiger partial charge is 0.496 e. The van der Waals surface area contributed by atoms with Gasteiger partial charge in [0.05, 0.1) is 13.2 Å². The van der Waals surface area contributed by atoms with Crippen molar-refractivity contribution in [2.75, 3.05) is 7.11 Å². The Bertz CT molecular complexity index is 1540. The number of carboxylic acids is 1. The minimum atomic E-state index is -1.11. The van der Waals surface area contributed by atoms with Gasteiger partial charge >= 0.3 is 5.97 Å². The van der Waals surface area contributed by atoms with E-state index in [9.17, 15) is 19.1 Å². The number of halogens is 1. The van der Waals surface area contributed by atoms with E-state index in [0.717, 1.165) is 22.4 Å². The van der Waals surface area contributed by atoms with Gasteiger partial charge < -0.3 is 24.8 Å². The van der Waals surface area contributed by atoms with E-state index in [-0.39, 0.29) is 17.1 Å². The molecule has 0 spiro atoms. The number of nitrogens with zero attached hydrogens (tertiary/aromatic N) is 1. The minimum Gasteiger partial charge on any atom is -0.496 e. The van der Waals surface area contributed by atoms with Crippen molar-refractivity contribution in [3.05, 3.63) is 94.8 Å². The molecular formula is C37H45FN2O5. The number of likely N-dealkylation sites (tertiary alicyclic amines) is 1. The van der Waals surface area contributed by atoms with Gasteiger partial charge in [-0.15, -0.1) is 0 Å². The number of rotatable bonds is 7. The lowest BCUT2D eigenvalue weighted by Gasteiger charge is -2.36. The van der Waals surface area contributed by atoms with Crippen molar-refractivity contribution in [1.82, 2.24) is 10.2 Å². The summed E-state index contributed by atoms with van der Waals surface area (Å²) >= 11 is 0. The average Bonchev–Trinajstić information content (AvgIpc) is 3.35. The van der Waals surface area contributed by atoms with Gasteiger partial charge in [0.2, 0.25) is 0 Å². The fraction of sp³-hybridized carbons (Fsp3) is 0.459. The Morgan fingerprint density at radius 3 is 2.36 bits per heavy atom. The predicted molar refractivity (Wildman–Crippen MR) is 172 cm³/mol. The van der Waals surface area contributed by atoms with E-state index in [1.807, 2.05) is 57.2 Å². The number of amides is 1. The van der Waals surface area contributed by atoms with Crippen LogP contribution in [0.2, 0.25) is 0 Å².